The van der Waals surface area contributed by atoms with Gasteiger partial charge in [-0.2, -0.15) is 0 Å². The van der Waals surface area contributed by atoms with Crippen molar-refractivity contribution in [3.63, 3.8) is 0 Å². The first kappa shape index (κ1) is 15.6. The lowest BCUT2D eigenvalue weighted by molar-refractivity contribution is 0.0685. The van der Waals surface area contributed by atoms with Crippen LogP contribution in [0.4, 0.5) is 5.69 Å². The average molecular weight is 297 g/mol. The Labute approximate surface area is 127 Å². The van der Waals surface area contributed by atoms with E-state index in [9.17, 15) is 0 Å². The van der Waals surface area contributed by atoms with Crippen LogP contribution in [-0.4, -0.2) is 33.4 Å². The Morgan fingerprint density at radius 2 is 2.10 bits per heavy atom. The highest BCUT2D eigenvalue weighted by Gasteiger charge is 2.16. The maximum Gasteiger partial charge on any atom is 0.0471 e. The van der Waals surface area contributed by atoms with Gasteiger partial charge in [0.25, 0.3) is 0 Å². The van der Waals surface area contributed by atoms with Gasteiger partial charge in [0.1, 0.15) is 0 Å². The van der Waals surface area contributed by atoms with Crippen LogP contribution >= 0.6 is 11.6 Å². The predicted molar refractivity (Wildman–Crippen MR) is 85.6 cm³/mol. The van der Waals surface area contributed by atoms with Crippen LogP contribution in [0.5, 0.6) is 0 Å². The highest BCUT2D eigenvalue weighted by atomic mass is 35.5. The Bertz CT molecular complexity index is 419. The predicted octanol–water partition coefficient (Wildman–Crippen LogP) is 3.31. The number of hydrogen-bond acceptors (Lipinski definition) is 3. The number of ether oxygens (including phenoxy) is 1. The first-order chi connectivity index (χ1) is 9.70. The third-order valence-corrected chi connectivity index (χ3v) is 4.27. The molecule has 0 spiro atoms. The molecular formula is C16H25ClN2O. The Kier molecular flexibility index (Phi) is 6.14. The summed E-state index contributed by atoms with van der Waals surface area (Å²) in [5.41, 5.74) is 2.36. The molecule has 1 saturated heterocycles. The van der Waals surface area contributed by atoms with E-state index >= 15 is 0 Å². The zero-order valence-corrected chi connectivity index (χ0v) is 13.2. The minimum absolute atomic E-state index is 0.731. The molecule has 112 valence electrons. The molecule has 0 unspecified atom stereocenters. The molecule has 1 aliphatic rings. The summed E-state index contributed by atoms with van der Waals surface area (Å²) < 4.78 is 5.41. The van der Waals surface area contributed by atoms with E-state index in [1.165, 1.54) is 5.69 Å². The molecule has 1 fully saturated rings. The monoisotopic (exact) mass is 296 g/mol. The van der Waals surface area contributed by atoms with E-state index < -0.39 is 0 Å². The number of nitrogens with one attached hydrogen (secondary N) is 1. The van der Waals surface area contributed by atoms with Crippen LogP contribution in [0.1, 0.15) is 25.3 Å². The fourth-order valence-corrected chi connectivity index (χ4v) is 2.84. The highest BCUT2D eigenvalue weighted by molar-refractivity contribution is 6.31. The van der Waals surface area contributed by atoms with Crippen LogP contribution in [0.15, 0.2) is 18.2 Å². The van der Waals surface area contributed by atoms with Crippen LogP contribution in [0, 0.1) is 5.92 Å². The summed E-state index contributed by atoms with van der Waals surface area (Å²) in [6, 6.07) is 6.37. The summed E-state index contributed by atoms with van der Waals surface area (Å²) in [5, 5.41) is 4.16. The van der Waals surface area contributed by atoms with Crippen LogP contribution in [0.3, 0.4) is 0 Å². The van der Waals surface area contributed by atoms with Crippen molar-refractivity contribution in [2.75, 3.05) is 38.3 Å². The van der Waals surface area contributed by atoms with Gasteiger partial charge in [0.15, 0.2) is 0 Å². The number of halogens is 1. The molecule has 3 nitrogen and oxygen atoms in total. The van der Waals surface area contributed by atoms with Gasteiger partial charge in [-0.1, -0.05) is 24.6 Å². The van der Waals surface area contributed by atoms with Gasteiger partial charge in [0.2, 0.25) is 0 Å². The summed E-state index contributed by atoms with van der Waals surface area (Å²) in [7, 11) is 2.14. The minimum Gasteiger partial charge on any atom is -0.381 e. The van der Waals surface area contributed by atoms with Crippen LogP contribution < -0.4 is 10.2 Å². The molecule has 1 aromatic carbocycles. The summed E-state index contributed by atoms with van der Waals surface area (Å²) in [6.07, 6.45) is 2.33. The van der Waals surface area contributed by atoms with E-state index in [1.54, 1.807) is 0 Å². The second-order valence-corrected chi connectivity index (χ2v) is 5.90. The van der Waals surface area contributed by atoms with Crippen molar-refractivity contribution in [1.82, 2.24) is 5.32 Å². The lowest BCUT2D eigenvalue weighted by Gasteiger charge is -2.28. The van der Waals surface area contributed by atoms with Gasteiger partial charge in [0, 0.05) is 44.1 Å². The number of rotatable bonds is 6. The molecule has 0 bridgehead atoms. The van der Waals surface area contributed by atoms with Gasteiger partial charge in [0.05, 0.1) is 0 Å². The molecule has 20 heavy (non-hydrogen) atoms. The molecule has 0 atom stereocenters. The third-order valence-electron chi connectivity index (χ3n) is 3.92. The quantitative estimate of drug-likeness (QED) is 0.871. The van der Waals surface area contributed by atoms with E-state index in [0.717, 1.165) is 62.2 Å². The maximum absolute atomic E-state index is 6.37. The zero-order valence-electron chi connectivity index (χ0n) is 12.5. The zero-order chi connectivity index (χ0) is 14.4. The Balaban J connectivity index is 1.95. The van der Waals surface area contributed by atoms with Gasteiger partial charge in [-0.25, -0.2) is 0 Å². The van der Waals surface area contributed by atoms with Gasteiger partial charge in [-0.3, -0.25) is 0 Å². The highest BCUT2D eigenvalue weighted by Crippen LogP contribution is 2.25. The van der Waals surface area contributed by atoms with E-state index in [2.05, 4.69) is 42.4 Å². The molecule has 0 aliphatic carbocycles. The van der Waals surface area contributed by atoms with Crippen molar-refractivity contribution in [2.45, 2.75) is 26.3 Å². The van der Waals surface area contributed by atoms with E-state index in [4.69, 9.17) is 16.3 Å². The number of benzene rings is 1. The Morgan fingerprint density at radius 3 is 2.75 bits per heavy atom. The SMILES string of the molecule is CCNCc1ccc(N(C)CC2CCOCC2)cc1Cl. The lowest BCUT2D eigenvalue weighted by Crippen LogP contribution is -2.29. The van der Waals surface area contributed by atoms with Gasteiger partial charge < -0.3 is 15.0 Å². The maximum atomic E-state index is 6.37. The normalized spacial score (nSPS) is 16.4. The molecule has 0 radical (unpaired) electrons. The van der Waals surface area contributed by atoms with Gasteiger partial charge >= 0.3 is 0 Å². The molecule has 0 saturated carbocycles. The first-order valence-corrected chi connectivity index (χ1v) is 7.86. The van der Waals surface area contributed by atoms with Crippen LogP contribution in [-0.2, 0) is 11.3 Å². The summed E-state index contributed by atoms with van der Waals surface area (Å²) in [4.78, 5) is 2.30. The number of hydrogen-bond donors (Lipinski definition) is 1. The van der Waals surface area contributed by atoms with Crippen molar-refractivity contribution in [3.05, 3.63) is 28.8 Å². The molecule has 0 amide bonds. The summed E-state index contributed by atoms with van der Waals surface area (Å²) >= 11 is 6.37. The molecule has 0 aromatic heterocycles. The van der Waals surface area contributed by atoms with Gasteiger partial charge in [-0.15, -0.1) is 0 Å². The van der Waals surface area contributed by atoms with Crippen molar-refractivity contribution in [2.24, 2.45) is 5.92 Å². The molecule has 1 aliphatic heterocycles. The molecule has 1 heterocycles. The second kappa shape index (κ2) is 7.87. The second-order valence-electron chi connectivity index (χ2n) is 5.49. The Morgan fingerprint density at radius 1 is 1.35 bits per heavy atom. The molecule has 2 rings (SSSR count). The molecule has 1 aromatic rings. The average Bonchev–Trinajstić information content (AvgIpc) is 2.47. The lowest BCUT2D eigenvalue weighted by atomic mass is 9.99. The first-order valence-electron chi connectivity index (χ1n) is 7.48. The smallest absolute Gasteiger partial charge is 0.0471 e. The molecule has 4 heteroatoms. The van der Waals surface area contributed by atoms with E-state index in [0.29, 0.717) is 0 Å². The van der Waals surface area contributed by atoms with Crippen LogP contribution in [0.25, 0.3) is 0 Å². The fourth-order valence-electron chi connectivity index (χ4n) is 2.60. The van der Waals surface area contributed by atoms with Crippen LogP contribution in [0.2, 0.25) is 5.02 Å². The van der Waals surface area contributed by atoms with Crippen molar-refractivity contribution in [3.8, 4) is 0 Å². The number of nitrogens with zero attached hydrogens (tertiary/aromatic N) is 1. The van der Waals surface area contributed by atoms with E-state index in [-0.39, 0.29) is 0 Å². The van der Waals surface area contributed by atoms with Crippen molar-refractivity contribution < 1.29 is 4.74 Å². The molecular weight excluding hydrogens is 272 g/mol. The molecule has 1 N–H and O–H groups in total. The van der Waals surface area contributed by atoms with Crippen molar-refractivity contribution in [1.29, 1.82) is 0 Å². The number of anilines is 1. The summed E-state index contributed by atoms with van der Waals surface area (Å²) in [5.74, 6) is 0.731. The minimum atomic E-state index is 0.731. The Hall–Kier alpha value is -0.770. The fraction of sp³-hybridized carbons (Fsp3) is 0.625. The van der Waals surface area contributed by atoms with E-state index in [1.807, 2.05) is 0 Å². The topological polar surface area (TPSA) is 24.5 Å². The summed E-state index contributed by atoms with van der Waals surface area (Å²) in [6.45, 7) is 6.78. The van der Waals surface area contributed by atoms with Gasteiger partial charge in [-0.05, 0) is 43.0 Å². The van der Waals surface area contributed by atoms with Crippen molar-refractivity contribution >= 4 is 17.3 Å². The third kappa shape index (κ3) is 4.37. The largest absolute Gasteiger partial charge is 0.381 e. The standard InChI is InChI=1S/C16H25ClN2O/c1-3-18-11-14-4-5-15(10-16(14)17)19(2)12-13-6-8-20-9-7-13/h4-5,10,13,18H,3,6-9,11-12H2,1-2H3.